The molecule has 0 spiro atoms. The summed E-state index contributed by atoms with van der Waals surface area (Å²) in [5.41, 5.74) is 0.104. The summed E-state index contributed by atoms with van der Waals surface area (Å²) in [6, 6.07) is 0. The van der Waals surface area contributed by atoms with Gasteiger partial charge in [-0.15, -0.1) is 0 Å². The molecule has 1 amide bonds. The zero-order valence-corrected chi connectivity index (χ0v) is 7.96. The van der Waals surface area contributed by atoms with Gasteiger partial charge < -0.3 is 10.0 Å². The number of carbonyl (C=O) groups is 2. The Morgan fingerprint density at radius 1 is 1.62 bits per heavy atom. The summed E-state index contributed by atoms with van der Waals surface area (Å²) in [5, 5.41) is 8.72. The van der Waals surface area contributed by atoms with E-state index in [1.807, 2.05) is 0 Å². The minimum Gasteiger partial charge on any atom is -0.477 e. The highest BCUT2D eigenvalue weighted by molar-refractivity contribution is 7.80. The molecule has 72 valence electrons. The molecule has 0 atom stereocenters. The predicted molar refractivity (Wildman–Crippen MR) is 50.5 cm³/mol. The molecule has 0 unspecified atom stereocenters. The number of carboxylic acid groups (broad SMARTS) is 1. The SMILES string of the molecule is O=C(O)C1=CCCN1C(=O)CCS. The van der Waals surface area contributed by atoms with Gasteiger partial charge in [0, 0.05) is 13.0 Å². The Balaban J connectivity index is 2.66. The van der Waals surface area contributed by atoms with Gasteiger partial charge in [0.25, 0.3) is 0 Å². The van der Waals surface area contributed by atoms with Gasteiger partial charge >= 0.3 is 5.97 Å². The second kappa shape index (κ2) is 4.32. The summed E-state index contributed by atoms with van der Waals surface area (Å²) in [6.45, 7) is 0.480. The molecule has 1 aliphatic heterocycles. The van der Waals surface area contributed by atoms with E-state index in [1.54, 1.807) is 6.08 Å². The molecule has 1 heterocycles. The third-order valence-corrected chi connectivity index (χ3v) is 2.05. The zero-order chi connectivity index (χ0) is 9.84. The number of aliphatic carboxylic acids is 1. The second-order valence-corrected chi connectivity index (χ2v) is 3.15. The first kappa shape index (κ1) is 10.1. The largest absolute Gasteiger partial charge is 0.477 e. The topological polar surface area (TPSA) is 57.6 Å². The van der Waals surface area contributed by atoms with Gasteiger partial charge in [-0.25, -0.2) is 4.79 Å². The van der Waals surface area contributed by atoms with Crippen LogP contribution in [0.3, 0.4) is 0 Å². The average molecular weight is 201 g/mol. The Morgan fingerprint density at radius 2 is 2.31 bits per heavy atom. The van der Waals surface area contributed by atoms with Crippen LogP contribution in [0.4, 0.5) is 0 Å². The Kier molecular flexibility index (Phi) is 3.36. The monoisotopic (exact) mass is 201 g/mol. The smallest absolute Gasteiger partial charge is 0.352 e. The van der Waals surface area contributed by atoms with E-state index in [2.05, 4.69) is 12.6 Å². The maximum Gasteiger partial charge on any atom is 0.352 e. The van der Waals surface area contributed by atoms with Crippen LogP contribution in [0.2, 0.25) is 0 Å². The van der Waals surface area contributed by atoms with Crippen LogP contribution in [0.25, 0.3) is 0 Å². The normalized spacial score (nSPS) is 15.8. The van der Waals surface area contributed by atoms with Gasteiger partial charge in [0.15, 0.2) is 0 Å². The first-order valence-electron chi connectivity index (χ1n) is 4.01. The minimum absolute atomic E-state index is 0.104. The molecular weight excluding hydrogens is 190 g/mol. The Hall–Kier alpha value is -0.970. The standard InChI is InChI=1S/C8H11NO3S/c10-7(3-5-13)9-4-1-2-6(9)8(11)12/h2,13H,1,3-5H2,(H,11,12). The predicted octanol–water partition coefficient (Wildman–Crippen LogP) is 0.507. The van der Waals surface area contributed by atoms with Crippen LogP contribution in [-0.4, -0.2) is 34.2 Å². The third-order valence-electron chi connectivity index (χ3n) is 1.83. The fraction of sp³-hybridized carbons (Fsp3) is 0.500. The van der Waals surface area contributed by atoms with E-state index in [-0.39, 0.29) is 18.0 Å². The Labute approximate surface area is 81.6 Å². The van der Waals surface area contributed by atoms with E-state index in [0.29, 0.717) is 18.7 Å². The number of carbonyl (C=O) groups excluding carboxylic acids is 1. The molecule has 0 aromatic heterocycles. The van der Waals surface area contributed by atoms with Crippen molar-refractivity contribution in [3.63, 3.8) is 0 Å². The number of amides is 1. The van der Waals surface area contributed by atoms with Crippen LogP contribution in [0, 0.1) is 0 Å². The molecule has 1 rings (SSSR count). The van der Waals surface area contributed by atoms with Crippen molar-refractivity contribution in [1.82, 2.24) is 4.90 Å². The van der Waals surface area contributed by atoms with Gasteiger partial charge in [-0.1, -0.05) is 6.08 Å². The van der Waals surface area contributed by atoms with Crippen molar-refractivity contribution in [2.45, 2.75) is 12.8 Å². The molecule has 0 bridgehead atoms. The van der Waals surface area contributed by atoms with Crippen LogP contribution < -0.4 is 0 Å². The molecule has 13 heavy (non-hydrogen) atoms. The number of hydrogen-bond donors (Lipinski definition) is 2. The summed E-state index contributed by atoms with van der Waals surface area (Å²) in [5.74, 6) is -0.756. The Morgan fingerprint density at radius 3 is 2.85 bits per heavy atom. The van der Waals surface area contributed by atoms with Crippen molar-refractivity contribution in [2.75, 3.05) is 12.3 Å². The zero-order valence-electron chi connectivity index (χ0n) is 7.06. The lowest BCUT2D eigenvalue weighted by Gasteiger charge is -2.16. The summed E-state index contributed by atoms with van der Waals surface area (Å²) in [7, 11) is 0. The maximum atomic E-state index is 11.3. The van der Waals surface area contributed by atoms with E-state index in [0.717, 1.165) is 0 Å². The molecule has 0 aliphatic carbocycles. The van der Waals surface area contributed by atoms with E-state index in [1.165, 1.54) is 4.90 Å². The van der Waals surface area contributed by atoms with Gasteiger partial charge in [-0.05, 0) is 12.2 Å². The minimum atomic E-state index is -1.04. The summed E-state index contributed by atoms with van der Waals surface area (Å²) >= 11 is 3.92. The summed E-state index contributed by atoms with van der Waals surface area (Å²) in [4.78, 5) is 23.3. The van der Waals surface area contributed by atoms with Crippen LogP contribution in [-0.2, 0) is 9.59 Å². The van der Waals surface area contributed by atoms with Crippen molar-refractivity contribution < 1.29 is 14.7 Å². The number of thiol groups is 1. The van der Waals surface area contributed by atoms with E-state index in [4.69, 9.17) is 5.11 Å². The van der Waals surface area contributed by atoms with E-state index < -0.39 is 5.97 Å². The van der Waals surface area contributed by atoms with Gasteiger partial charge in [0.2, 0.25) is 5.91 Å². The van der Waals surface area contributed by atoms with Gasteiger partial charge in [-0.2, -0.15) is 12.6 Å². The van der Waals surface area contributed by atoms with Crippen molar-refractivity contribution >= 4 is 24.5 Å². The van der Waals surface area contributed by atoms with Gasteiger partial charge in [0.05, 0.1) is 0 Å². The molecule has 1 aliphatic rings. The van der Waals surface area contributed by atoms with Crippen molar-refractivity contribution in [3.8, 4) is 0 Å². The van der Waals surface area contributed by atoms with Crippen LogP contribution >= 0.6 is 12.6 Å². The third kappa shape index (κ3) is 2.24. The highest BCUT2D eigenvalue weighted by Gasteiger charge is 2.25. The highest BCUT2D eigenvalue weighted by Crippen LogP contribution is 2.16. The highest BCUT2D eigenvalue weighted by atomic mass is 32.1. The van der Waals surface area contributed by atoms with Crippen LogP contribution in [0.5, 0.6) is 0 Å². The average Bonchev–Trinajstić information content (AvgIpc) is 2.52. The molecule has 1 N–H and O–H groups in total. The molecule has 4 nitrogen and oxygen atoms in total. The maximum absolute atomic E-state index is 11.3. The second-order valence-electron chi connectivity index (χ2n) is 2.70. The first-order chi connectivity index (χ1) is 6.16. The molecule has 0 fully saturated rings. The quantitative estimate of drug-likeness (QED) is 0.654. The number of carboxylic acids is 1. The molecule has 0 radical (unpaired) electrons. The van der Waals surface area contributed by atoms with Crippen LogP contribution in [0.1, 0.15) is 12.8 Å². The number of hydrogen-bond acceptors (Lipinski definition) is 3. The summed E-state index contributed by atoms with van der Waals surface area (Å²) < 4.78 is 0. The van der Waals surface area contributed by atoms with Gasteiger partial charge in [0.1, 0.15) is 5.70 Å². The van der Waals surface area contributed by atoms with Crippen LogP contribution in [0.15, 0.2) is 11.8 Å². The molecule has 5 heteroatoms. The van der Waals surface area contributed by atoms with Crippen molar-refractivity contribution in [2.24, 2.45) is 0 Å². The molecule has 0 aromatic rings. The van der Waals surface area contributed by atoms with Crippen molar-refractivity contribution in [3.05, 3.63) is 11.8 Å². The lowest BCUT2D eigenvalue weighted by Crippen LogP contribution is -2.31. The molecular formula is C8H11NO3S. The van der Waals surface area contributed by atoms with E-state index in [9.17, 15) is 9.59 Å². The molecule has 0 saturated carbocycles. The molecule has 0 saturated heterocycles. The number of nitrogens with zero attached hydrogens (tertiary/aromatic N) is 1. The fourth-order valence-corrected chi connectivity index (χ4v) is 1.44. The fourth-order valence-electron chi connectivity index (χ4n) is 1.25. The summed E-state index contributed by atoms with van der Waals surface area (Å²) in [6.07, 6.45) is 2.48. The van der Waals surface area contributed by atoms with Gasteiger partial charge in [-0.3, -0.25) is 4.79 Å². The first-order valence-corrected chi connectivity index (χ1v) is 4.64. The lowest BCUT2D eigenvalue weighted by atomic mass is 10.3. The lowest BCUT2D eigenvalue weighted by molar-refractivity contribution is -0.139. The van der Waals surface area contributed by atoms with Crippen molar-refractivity contribution in [1.29, 1.82) is 0 Å². The van der Waals surface area contributed by atoms with E-state index >= 15 is 0 Å². The number of rotatable bonds is 3. The molecule has 0 aromatic carbocycles. The Bertz CT molecular complexity index is 262.